The number of benzene rings is 1. The topological polar surface area (TPSA) is 46.3 Å². The fourth-order valence-corrected chi connectivity index (χ4v) is 3.26. The minimum absolute atomic E-state index is 0.733. The first-order valence-electron chi connectivity index (χ1n) is 7.91. The average molecular weight is 328 g/mol. The maximum Gasteiger partial charge on any atom is 0.178 e. The molecule has 1 aliphatic rings. The smallest absolute Gasteiger partial charge is 0.178 e. The van der Waals surface area contributed by atoms with Crippen LogP contribution in [0.4, 0.5) is 0 Å². The van der Waals surface area contributed by atoms with Gasteiger partial charge in [0.25, 0.3) is 0 Å². The van der Waals surface area contributed by atoms with E-state index in [0.29, 0.717) is 0 Å². The Kier molecular flexibility index (Phi) is 3.75. The third kappa shape index (κ3) is 2.82. The van der Waals surface area contributed by atoms with Crippen LogP contribution in [0.1, 0.15) is 24.2 Å². The molecule has 6 heteroatoms. The number of aromatic nitrogens is 4. The second-order valence-corrected chi connectivity index (χ2v) is 6.46. The van der Waals surface area contributed by atoms with Crippen molar-refractivity contribution in [3.63, 3.8) is 0 Å². The van der Waals surface area contributed by atoms with E-state index >= 15 is 0 Å². The van der Waals surface area contributed by atoms with Crippen molar-refractivity contribution in [3.8, 4) is 11.3 Å². The Morgan fingerprint density at radius 1 is 1.09 bits per heavy atom. The molecule has 3 aromatic rings. The summed E-state index contributed by atoms with van der Waals surface area (Å²) in [6, 6.07) is 9.95. The zero-order chi connectivity index (χ0) is 15.8. The molecule has 0 saturated carbocycles. The van der Waals surface area contributed by atoms with Crippen LogP contribution in [0.5, 0.6) is 0 Å². The fraction of sp³-hybridized carbons (Fsp3) is 0.353. The van der Waals surface area contributed by atoms with Crippen LogP contribution < -0.4 is 0 Å². The van der Waals surface area contributed by atoms with Gasteiger partial charge in [-0.2, -0.15) is 9.61 Å². The summed E-state index contributed by atoms with van der Waals surface area (Å²) >= 11 is 6.03. The molecule has 0 aliphatic carbocycles. The van der Waals surface area contributed by atoms with Gasteiger partial charge in [0.2, 0.25) is 0 Å². The summed E-state index contributed by atoms with van der Waals surface area (Å²) < 4.78 is 1.80. The number of hydrogen-bond acceptors (Lipinski definition) is 4. The lowest BCUT2D eigenvalue weighted by Gasteiger charge is -2.17. The second-order valence-electron chi connectivity index (χ2n) is 6.03. The zero-order valence-corrected chi connectivity index (χ0v) is 13.8. The van der Waals surface area contributed by atoms with Gasteiger partial charge in [0.05, 0.1) is 5.69 Å². The van der Waals surface area contributed by atoms with Crippen molar-refractivity contribution in [2.45, 2.75) is 26.3 Å². The van der Waals surface area contributed by atoms with Crippen LogP contribution in [0.3, 0.4) is 0 Å². The summed E-state index contributed by atoms with van der Waals surface area (Å²) in [4.78, 5) is 2.47. The highest BCUT2D eigenvalue weighted by Gasteiger charge is 2.17. The molecular formula is C17H18ClN5. The Labute approximate surface area is 139 Å². The molecule has 23 heavy (non-hydrogen) atoms. The number of halogens is 1. The lowest BCUT2D eigenvalue weighted by atomic mass is 10.1. The number of hydrogen-bond donors (Lipinski definition) is 0. The molecule has 1 saturated heterocycles. The summed E-state index contributed by atoms with van der Waals surface area (Å²) in [7, 11) is 0. The van der Waals surface area contributed by atoms with Gasteiger partial charge in [-0.05, 0) is 56.6 Å². The van der Waals surface area contributed by atoms with Gasteiger partial charge in [-0.15, -0.1) is 10.2 Å². The maximum absolute atomic E-state index is 6.03. The van der Waals surface area contributed by atoms with E-state index in [0.717, 1.165) is 47.4 Å². The van der Waals surface area contributed by atoms with Gasteiger partial charge in [0, 0.05) is 17.1 Å². The third-order valence-corrected chi connectivity index (χ3v) is 4.59. The van der Waals surface area contributed by atoms with Crippen LogP contribution in [-0.2, 0) is 6.54 Å². The van der Waals surface area contributed by atoms with Gasteiger partial charge >= 0.3 is 0 Å². The number of aryl methyl sites for hydroxylation is 1. The lowest BCUT2D eigenvalue weighted by molar-refractivity contribution is 0.331. The predicted octanol–water partition coefficient (Wildman–Crippen LogP) is 3.35. The van der Waals surface area contributed by atoms with Crippen LogP contribution >= 0.6 is 11.6 Å². The van der Waals surface area contributed by atoms with Crippen LogP contribution in [-0.4, -0.2) is 37.8 Å². The quantitative estimate of drug-likeness (QED) is 0.740. The molecule has 1 aliphatic heterocycles. The molecule has 2 aromatic heterocycles. The summed E-state index contributed by atoms with van der Waals surface area (Å²) in [5.41, 5.74) is 4.03. The number of fused-ring (bicyclic) bond motifs is 1. The predicted molar refractivity (Wildman–Crippen MR) is 90.5 cm³/mol. The van der Waals surface area contributed by atoms with Crippen molar-refractivity contribution in [2.24, 2.45) is 0 Å². The van der Waals surface area contributed by atoms with Gasteiger partial charge in [-0.3, -0.25) is 4.90 Å². The highest BCUT2D eigenvalue weighted by atomic mass is 35.5. The van der Waals surface area contributed by atoms with Crippen molar-refractivity contribution in [2.75, 3.05) is 13.1 Å². The zero-order valence-electron chi connectivity index (χ0n) is 13.0. The molecule has 3 heterocycles. The van der Waals surface area contributed by atoms with Crippen LogP contribution in [0.2, 0.25) is 5.02 Å². The van der Waals surface area contributed by atoms with E-state index in [1.54, 1.807) is 4.52 Å². The molecule has 0 atom stereocenters. The summed E-state index contributed by atoms with van der Waals surface area (Å²) in [5.74, 6) is 0.794. The number of rotatable bonds is 3. The van der Waals surface area contributed by atoms with E-state index in [-0.39, 0.29) is 0 Å². The second kappa shape index (κ2) is 5.91. The molecule has 0 radical (unpaired) electrons. The van der Waals surface area contributed by atoms with E-state index in [9.17, 15) is 0 Å². The molecule has 4 rings (SSSR count). The van der Waals surface area contributed by atoms with Gasteiger partial charge in [-0.1, -0.05) is 23.7 Å². The van der Waals surface area contributed by atoms with Crippen molar-refractivity contribution in [3.05, 3.63) is 46.7 Å². The first kappa shape index (κ1) is 14.6. The first-order valence-corrected chi connectivity index (χ1v) is 8.29. The summed E-state index contributed by atoms with van der Waals surface area (Å²) in [6.07, 6.45) is 2.55. The van der Waals surface area contributed by atoms with E-state index in [1.807, 2.05) is 31.2 Å². The molecule has 1 fully saturated rings. The molecule has 1 aromatic carbocycles. The Hall–Kier alpha value is -1.98. The Morgan fingerprint density at radius 3 is 2.57 bits per heavy atom. The number of nitrogens with zero attached hydrogens (tertiary/aromatic N) is 5. The third-order valence-electron chi connectivity index (χ3n) is 4.34. The Morgan fingerprint density at radius 2 is 1.83 bits per heavy atom. The van der Waals surface area contributed by atoms with Gasteiger partial charge < -0.3 is 0 Å². The highest BCUT2D eigenvalue weighted by molar-refractivity contribution is 6.30. The normalized spacial score (nSPS) is 15.6. The van der Waals surface area contributed by atoms with E-state index in [4.69, 9.17) is 16.7 Å². The molecule has 5 nitrogen and oxygen atoms in total. The molecule has 0 amide bonds. The summed E-state index contributed by atoms with van der Waals surface area (Å²) in [6.45, 7) is 5.11. The lowest BCUT2D eigenvalue weighted by Crippen LogP contribution is -2.19. The summed E-state index contributed by atoms with van der Waals surface area (Å²) in [5, 5.41) is 13.9. The Balaban J connectivity index is 1.83. The molecule has 0 N–H and O–H groups in total. The van der Waals surface area contributed by atoms with Crippen LogP contribution in [0.25, 0.3) is 16.9 Å². The highest BCUT2D eigenvalue weighted by Crippen LogP contribution is 2.26. The van der Waals surface area contributed by atoms with Crippen molar-refractivity contribution >= 4 is 17.2 Å². The van der Waals surface area contributed by atoms with Crippen LogP contribution in [0.15, 0.2) is 30.3 Å². The molecular weight excluding hydrogens is 310 g/mol. The minimum Gasteiger partial charge on any atom is -0.299 e. The molecule has 0 bridgehead atoms. The van der Waals surface area contributed by atoms with Gasteiger partial charge in [0.1, 0.15) is 0 Å². The van der Waals surface area contributed by atoms with E-state index < -0.39 is 0 Å². The molecule has 0 spiro atoms. The van der Waals surface area contributed by atoms with Gasteiger partial charge in [0.15, 0.2) is 11.5 Å². The largest absolute Gasteiger partial charge is 0.299 e. The van der Waals surface area contributed by atoms with Crippen LogP contribution in [0, 0.1) is 6.92 Å². The van der Waals surface area contributed by atoms with Crippen molar-refractivity contribution in [1.29, 1.82) is 0 Å². The molecule has 118 valence electrons. The molecule has 0 unspecified atom stereocenters. The average Bonchev–Trinajstić information content (AvgIpc) is 3.18. The Bertz CT molecular complexity index is 834. The fourth-order valence-electron chi connectivity index (χ4n) is 3.13. The minimum atomic E-state index is 0.733. The number of likely N-dealkylation sites (tertiary alicyclic amines) is 1. The standard InChI is InChI=1S/C17H18ClN5/c1-12-19-20-16-10-14(11-22-8-2-3-9-22)17(21-23(12)16)13-4-6-15(18)7-5-13/h4-7,10H,2-3,8-9,11H2,1H3. The first-order chi connectivity index (χ1) is 11.2. The SMILES string of the molecule is Cc1nnc2cc(CN3CCCC3)c(-c3ccc(Cl)cc3)nn12. The van der Waals surface area contributed by atoms with Crippen molar-refractivity contribution < 1.29 is 0 Å². The van der Waals surface area contributed by atoms with E-state index in [1.165, 1.54) is 18.4 Å². The van der Waals surface area contributed by atoms with E-state index in [2.05, 4.69) is 21.2 Å². The van der Waals surface area contributed by atoms with Crippen molar-refractivity contribution in [1.82, 2.24) is 24.7 Å². The van der Waals surface area contributed by atoms with Gasteiger partial charge in [-0.25, -0.2) is 0 Å². The maximum atomic E-state index is 6.03. The monoisotopic (exact) mass is 327 g/mol.